The first-order valence-corrected chi connectivity index (χ1v) is 8.02. The van der Waals surface area contributed by atoms with Gasteiger partial charge in [-0.05, 0) is 73.5 Å². The molecule has 1 N–H and O–H groups in total. The number of benzene rings is 1. The summed E-state index contributed by atoms with van der Waals surface area (Å²) in [6.45, 7) is 7.32. The Hall–Kier alpha value is -1.19. The van der Waals surface area contributed by atoms with Crippen molar-refractivity contribution >= 4 is 11.3 Å². The molecular formula is C17H22FNS. The van der Waals surface area contributed by atoms with Gasteiger partial charge in [-0.15, -0.1) is 11.3 Å². The Bertz CT molecular complexity index is 562. The van der Waals surface area contributed by atoms with E-state index in [9.17, 15) is 4.39 Å². The van der Waals surface area contributed by atoms with Crippen molar-refractivity contribution in [3.63, 3.8) is 0 Å². The molecule has 0 fully saturated rings. The molecule has 1 aromatic carbocycles. The molecule has 0 radical (unpaired) electrons. The molecule has 0 saturated carbocycles. The van der Waals surface area contributed by atoms with Gasteiger partial charge in [0.1, 0.15) is 5.82 Å². The fourth-order valence-corrected chi connectivity index (χ4v) is 3.43. The highest BCUT2D eigenvalue weighted by Crippen LogP contribution is 2.28. The first kappa shape index (κ1) is 15.2. The normalized spacial score (nSPS) is 12.6. The smallest absolute Gasteiger partial charge is 0.123 e. The van der Waals surface area contributed by atoms with Crippen molar-refractivity contribution in [3.05, 3.63) is 57.0 Å². The first-order valence-electron chi connectivity index (χ1n) is 7.14. The molecule has 20 heavy (non-hydrogen) atoms. The molecule has 2 rings (SSSR count). The zero-order chi connectivity index (χ0) is 14.5. The molecule has 0 amide bonds. The van der Waals surface area contributed by atoms with Crippen LogP contribution in [0.15, 0.2) is 29.6 Å². The Morgan fingerprint density at radius 3 is 2.60 bits per heavy atom. The fourth-order valence-electron chi connectivity index (χ4n) is 2.43. The molecule has 3 heteroatoms. The van der Waals surface area contributed by atoms with Gasteiger partial charge in [0.25, 0.3) is 0 Å². The molecule has 1 heterocycles. The van der Waals surface area contributed by atoms with E-state index in [0.29, 0.717) is 6.04 Å². The second-order valence-electron chi connectivity index (χ2n) is 5.25. The van der Waals surface area contributed by atoms with Crippen molar-refractivity contribution in [2.24, 2.45) is 0 Å². The molecule has 0 aliphatic heterocycles. The van der Waals surface area contributed by atoms with E-state index in [1.54, 1.807) is 23.5 Å². The number of aryl methyl sites for hydroxylation is 2. The number of hydrogen-bond donors (Lipinski definition) is 1. The minimum atomic E-state index is -0.156. The number of rotatable bonds is 6. The van der Waals surface area contributed by atoms with Crippen molar-refractivity contribution < 1.29 is 4.39 Å². The summed E-state index contributed by atoms with van der Waals surface area (Å²) in [6, 6.07) is 7.57. The molecule has 0 spiro atoms. The van der Waals surface area contributed by atoms with Gasteiger partial charge in [-0.1, -0.05) is 13.0 Å². The third kappa shape index (κ3) is 3.68. The molecular weight excluding hydrogens is 269 g/mol. The zero-order valence-corrected chi connectivity index (χ0v) is 13.2. The van der Waals surface area contributed by atoms with Crippen LogP contribution >= 0.6 is 11.3 Å². The lowest BCUT2D eigenvalue weighted by Gasteiger charge is -2.19. The molecule has 1 aromatic heterocycles. The SMILES string of the molecule is CCCNC(Cc1ccc(F)cc1C)c1sccc1C. The predicted octanol–water partition coefficient (Wildman–Crippen LogP) is 4.79. The van der Waals surface area contributed by atoms with E-state index < -0.39 is 0 Å². The third-order valence-electron chi connectivity index (χ3n) is 3.59. The second-order valence-corrected chi connectivity index (χ2v) is 6.20. The van der Waals surface area contributed by atoms with Crippen LogP contribution in [0.3, 0.4) is 0 Å². The van der Waals surface area contributed by atoms with Crippen LogP contribution in [0, 0.1) is 19.7 Å². The summed E-state index contributed by atoms with van der Waals surface area (Å²) in [6.07, 6.45) is 2.02. The Balaban J connectivity index is 2.21. The van der Waals surface area contributed by atoms with Crippen molar-refractivity contribution in [2.75, 3.05) is 6.54 Å². The summed E-state index contributed by atoms with van der Waals surface area (Å²) >= 11 is 1.80. The Morgan fingerprint density at radius 2 is 2.00 bits per heavy atom. The van der Waals surface area contributed by atoms with Crippen LogP contribution in [-0.2, 0) is 6.42 Å². The molecule has 1 unspecified atom stereocenters. The summed E-state index contributed by atoms with van der Waals surface area (Å²) in [5, 5.41) is 5.76. The van der Waals surface area contributed by atoms with Gasteiger partial charge in [0.2, 0.25) is 0 Å². The summed E-state index contributed by atoms with van der Waals surface area (Å²) in [4.78, 5) is 1.39. The van der Waals surface area contributed by atoms with Gasteiger partial charge in [-0.2, -0.15) is 0 Å². The van der Waals surface area contributed by atoms with Gasteiger partial charge >= 0.3 is 0 Å². The van der Waals surface area contributed by atoms with Crippen molar-refractivity contribution in [1.82, 2.24) is 5.32 Å². The average molecular weight is 291 g/mol. The minimum Gasteiger partial charge on any atom is -0.309 e. The van der Waals surface area contributed by atoms with Crippen molar-refractivity contribution in [2.45, 2.75) is 39.7 Å². The molecule has 1 nitrogen and oxygen atoms in total. The predicted molar refractivity (Wildman–Crippen MR) is 84.9 cm³/mol. The standard InChI is InChI=1S/C17H22FNS/c1-4-8-19-16(17-12(2)7-9-20-17)11-14-5-6-15(18)10-13(14)3/h5-7,9-10,16,19H,4,8,11H2,1-3H3. The van der Waals surface area contributed by atoms with Crippen molar-refractivity contribution in [1.29, 1.82) is 0 Å². The van der Waals surface area contributed by atoms with Crippen LogP contribution < -0.4 is 5.32 Å². The van der Waals surface area contributed by atoms with Gasteiger partial charge in [0.15, 0.2) is 0 Å². The monoisotopic (exact) mass is 291 g/mol. The number of hydrogen-bond acceptors (Lipinski definition) is 2. The van der Waals surface area contributed by atoms with Gasteiger partial charge in [-0.25, -0.2) is 4.39 Å². The van der Waals surface area contributed by atoms with Crippen LogP contribution in [0.5, 0.6) is 0 Å². The molecule has 1 atom stereocenters. The average Bonchev–Trinajstić information content (AvgIpc) is 2.83. The molecule has 0 saturated heterocycles. The van der Waals surface area contributed by atoms with E-state index in [1.165, 1.54) is 16.0 Å². The maximum atomic E-state index is 13.2. The van der Waals surface area contributed by atoms with E-state index in [2.05, 4.69) is 30.6 Å². The van der Waals surface area contributed by atoms with Gasteiger partial charge in [-0.3, -0.25) is 0 Å². The summed E-state index contributed by atoms with van der Waals surface area (Å²) in [5.74, 6) is -0.156. The van der Waals surface area contributed by atoms with E-state index in [1.807, 2.05) is 13.0 Å². The van der Waals surface area contributed by atoms with Gasteiger partial charge in [0, 0.05) is 10.9 Å². The topological polar surface area (TPSA) is 12.0 Å². The highest BCUT2D eigenvalue weighted by Gasteiger charge is 2.16. The maximum Gasteiger partial charge on any atom is 0.123 e. The highest BCUT2D eigenvalue weighted by atomic mass is 32.1. The molecule has 2 aromatic rings. The van der Waals surface area contributed by atoms with E-state index in [4.69, 9.17) is 0 Å². The van der Waals surface area contributed by atoms with Crippen LogP contribution in [0.25, 0.3) is 0 Å². The zero-order valence-electron chi connectivity index (χ0n) is 12.4. The summed E-state index contributed by atoms with van der Waals surface area (Å²) in [7, 11) is 0. The lowest BCUT2D eigenvalue weighted by Crippen LogP contribution is -2.24. The number of thiophene rings is 1. The van der Waals surface area contributed by atoms with Crippen LogP contribution in [0.4, 0.5) is 4.39 Å². The van der Waals surface area contributed by atoms with Crippen molar-refractivity contribution in [3.8, 4) is 0 Å². The van der Waals surface area contributed by atoms with Crippen LogP contribution in [-0.4, -0.2) is 6.54 Å². The minimum absolute atomic E-state index is 0.156. The van der Waals surface area contributed by atoms with Crippen LogP contribution in [0.1, 0.15) is 41.0 Å². The van der Waals surface area contributed by atoms with E-state index >= 15 is 0 Å². The molecule has 0 bridgehead atoms. The molecule has 0 aliphatic rings. The highest BCUT2D eigenvalue weighted by molar-refractivity contribution is 7.10. The lowest BCUT2D eigenvalue weighted by atomic mass is 9.98. The first-order chi connectivity index (χ1) is 9.61. The Kier molecular flexibility index (Phi) is 5.32. The van der Waals surface area contributed by atoms with Gasteiger partial charge in [0.05, 0.1) is 0 Å². The van der Waals surface area contributed by atoms with Crippen LogP contribution in [0.2, 0.25) is 0 Å². The second kappa shape index (κ2) is 7.00. The fraction of sp³-hybridized carbons (Fsp3) is 0.412. The van der Waals surface area contributed by atoms with E-state index in [0.717, 1.165) is 24.9 Å². The summed E-state index contributed by atoms with van der Waals surface area (Å²) in [5.41, 5.74) is 3.58. The number of halogens is 1. The quantitative estimate of drug-likeness (QED) is 0.807. The largest absolute Gasteiger partial charge is 0.309 e. The summed E-state index contributed by atoms with van der Waals surface area (Å²) < 4.78 is 13.2. The maximum absolute atomic E-state index is 13.2. The Morgan fingerprint density at radius 1 is 1.20 bits per heavy atom. The third-order valence-corrected chi connectivity index (χ3v) is 4.72. The van der Waals surface area contributed by atoms with Gasteiger partial charge < -0.3 is 5.32 Å². The molecule has 108 valence electrons. The lowest BCUT2D eigenvalue weighted by molar-refractivity contribution is 0.533. The Labute approximate surface area is 124 Å². The molecule has 0 aliphatic carbocycles. The van der Waals surface area contributed by atoms with E-state index in [-0.39, 0.29) is 5.82 Å². The number of nitrogens with one attached hydrogen (secondary N) is 1.